The van der Waals surface area contributed by atoms with Crippen LogP contribution in [0.2, 0.25) is 0 Å². The third-order valence-corrected chi connectivity index (χ3v) is 3.21. The van der Waals surface area contributed by atoms with E-state index in [2.05, 4.69) is 6.07 Å². The first kappa shape index (κ1) is 9.97. The molecule has 3 rings (SSSR count). The molecule has 0 radical (unpaired) electrons. The first-order valence-electron chi connectivity index (χ1n) is 5.78. The molecule has 1 saturated carbocycles. The minimum Gasteiger partial charge on any atom is -0.486 e. The van der Waals surface area contributed by atoms with Gasteiger partial charge in [0, 0.05) is 12.0 Å². The Morgan fingerprint density at radius 1 is 1.25 bits per heavy atom. The van der Waals surface area contributed by atoms with E-state index in [0.29, 0.717) is 19.6 Å². The number of fused-ring (bicyclic) bond motifs is 1. The number of ether oxygens (including phenoxy) is 2. The third kappa shape index (κ3) is 1.76. The third-order valence-electron chi connectivity index (χ3n) is 3.21. The van der Waals surface area contributed by atoms with Gasteiger partial charge in [-0.25, -0.2) is 0 Å². The van der Waals surface area contributed by atoms with Crippen LogP contribution in [0.5, 0.6) is 11.5 Å². The molecule has 1 aliphatic carbocycles. The average Bonchev–Trinajstić information content (AvgIpc) is 2.96. The fraction of sp³-hybridized carbons (Fsp3) is 0.538. The molecule has 0 unspecified atom stereocenters. The number of aliphatic hydroxyl groups is 1. The van der Waals surface area contributed by atoms with Crippen molar-refractivity contribution in [1.82, 2.24) is 0 Å². The lowest BCUT2D eigenvalue weighted by Crippen LogP contribution is -2.19. The van der Waals surface area contributed by atoms with Crippen LogP contribution in [-0.4, -0.2) is 23.9 Å². The van der Waals surface area contributed by atoms with Gasteiger partial charge in [-0.2, -0.15) is 0 Å². The highest BCUT2D eigenvalue weighted by Gasteiger charge is 2.41. The summed E-state index contributed by atoms with van der Waals surface area (Å²) in [7, 11) is 0. The van der Waals surface area contributed by atoms with Gasteiger partial charge in [0.1, 0.15) is 13.2 Å². The highest BCUT2D eigenvalue weighted by atomic mass is 16.6. The van der Waals surface area contributed by atoms with Crippen LogP contribution in [-0.2, 0) is 6.42 Å². The van der Waals surface area contributed by atoms with Gasteiger partial charge in [-0.05, 0) is 31.4 Å². The molecule has 3 heteroatoms. The van der Waals surface area contributed by atoms with Crippen LogP contribution in [0.3, 0.4) is 0 Å². The molecule has 1 N–H and O–H groups in total. The van der Waals surface area contributed by atoms with Gasteiger partial charge in [0.2, 0.25) is 0 Å². The van der Waals surface area contributed by atoms with Crippen molar-refractivity contribution in [2.45, 2.75) is 31.8 Å². The Hall–Kier alpha value is -1.22. The van der Waals surface area contributed by atoms with E-state index >= 15 is 0 Å². The Kier molecular flexibility index (Phi) is 2.11. The molecule has 86 valence electrons. The number of rotatable bonds is 2. The van der Waals surface area contributed by atoms with Gasteiger partial charge in [-0.15, -0.1) is 0 Å². The molecule has 0 aromatic heterocycles. The number of benzene rings is 1. The summed E-state index contributed by atoms with van der Waals surface area (Å²) in [6.07, 6.45) is 2.48. The molecular formula is C13H16O3. The summed E-state index contributed by atoms with van der Waals surface area (Å²) in [5.41, 5.74) is 1.75. The molecule has 1 heterocycles. The summed E-state index contributed by atoms with van der Waals surface area (Å²) < 4.78 is 11.2. The van der Waals surface area contributed by atoms with Gasteiger partial charge in [0.05, 0.1) is 5.60 Å². The van der Waals surface area contributed by atoms with Crippen molar-refractivity contribution in [3.8, 4) is 11.5 Å². The Balaban J connectivity index is 1.98. The molecule has 0 atom stereocenters. The van der Waals surface area contributed by atoms with Gasteiger partial charge < -0.3 is 14.6 Å². The van der Waals surface area contributed by atoms with Gasteiger partial charge in [0.15, 0.2) is 11.5 Å². The highest BCUT2D eigenvalue weighted by Crippen LogP contribution is 2.43. The van der Waals surface area contributed by atoms with E-state index in [4.69, 9.17) is 9.47 Å². The predicted octanol–water partition coefficient (Wildman–Crippen LogP) is 1.83. The van der Waals surface area contributed by atoms with E-state index in [1.807, 2.05) is 13.0 Å². The predicted molar refractivity (Wildman–Crippen MR) is 60.1 cm³/mol. The molecule has 2 aliphatic rings. The monoisotopic (exact) mass is 220 g/mol. The number of aryl methyl sites for hydroxylation is 1. The van der Waals surface area contributed by atoms with Crippen molar-refractivity contribution >= 4 is 0 Å². The fourth-order valence-corrected chi connectivity index (χ4v) is 2.19. The quantitative estimate of drug-likeness (QED) is 0.826. The Bertz CT molecular complexity index is 421. The lowest BCUT2D eigenvalue weighted by atomic mass is 10.0. The molecule has 1 fully saturated rings. The summed E-state index contributed by atoms with van der Waals surface area (Å²) in [4.78, 5) is 0. The Morgan fingerprint density at radius 2 is 2.00 bits per heavy atom. The Labute approximate surface area is 95.0 Å². The van der Waals surface area contributed by atoms with Crippen molar-refractivity contribution in [2.24, 2.45) is 0 Å². The molecule has 0 saturated heterocycles. The van der Waals surface area contributed by atoms with E-state index < -0.39 is 5.60 Å². The van der Waals surface area contributed by atoms with Gasteiger partial charge in [0.25, 0.3) is 0 Å². The van der Waals surface area contributed by atoms with Crippen molar-refractivity contribution in [2.75, 3.05) is 13.2 Å². The Morgan fingerprint density at radius 3 is 2.75 bits per heavy atom. The lowest BCUT2D eigenvalue weighted by molar-refractivity contribution is 0.143. The van der Waals surface area contributed by atoms with E-state index in [1.165, 1.54) is 0 Å². The summed E-state index contributed by atoms with van der Waals surface area (Å²) in [5, 5.41) is 9.98. The van der Waals surface area contributed by atoms with Crippen LogP contribution < -0.4 is 9.47 Å². The lowest BCUT2D eigenvalue weighted by Gasteiger charge is -2.22. The van der Waals surface area contributed by atoms with Crippen molar-refractivity contribution in [3.05, 3.63) is 23.3 Å². The fourth-order valence-electron chi connectivity index (χ4n) is 2.19. The normalized spacial score (nSPS) is 20.6. The molecule has 0 amide bonds. The molecule has 0 bridgehead atoms. The van der Waals surface area contributed by atoms with Crippen LogP contribution in [0.4, 0.5) is 0 Å². The molecule has 1 aromatic rings. The standard InChI is InChI=1S/C13H16O3/c1-9-6-10(8-13(14)2-3-13)12-11(7-9)15-4-5-16-12/h6-7,14H,2-5,8H2,1H3. The second-order valence-corrected chi connectivity index (χ2v) is 4.85. The van der Waals surface area contributed by atoms with Crippen LogP contribution >= 0.6 is 0 Å². The maximum atomic E-state index is 9.98. The van der Waals surface area contributed by atoms with Crippen molar-refractivity contribution < 1.29 is 14.6 Å². The SMILES string of the molecule is Cc1cc(CC2(O)CC2)c2c(c1)OCCO2. The molecule has 1 aliphatic heterocycles. The zero-order valence-electron chi connectivity index (χ0n) is 9.45. The average molecular weight is 220 g/mol. The van der Waals surface area contributed by atoms with Crippen molar-refractivity contribution in [1.29, 1.82) is 0 Å². The van der Waals surface area contributed by atoms with E-state index in [0.717, 1.165) is 35.5 Å². The van der Waals surface area contributed by atoms with Crippen LogP contribution in [0, 0.1) is 6.92 Å². The van der Waals surface area contributed by atoms with Crippen LogP contribution in [0.15, 0.2) is 12.1 Å². The van der Waals surface area contributed by atoms with Crippen LogP contribution in [0.25, 0.3) is 0 Å². The van der Waals surface area contributed by atoms with Gasteiger partial charge in [-0.3, -0.25) is 0 Å². The van der Waals surface area contributed by atoms with E-state index in [1.54, 1.807) is 0 Å². The smallest absolute Gasteiger partial charge is 0.164 e. The second-order valence-electron chi connectivity index (χ2n) is 4.85. The van der Waals surface area contributed by atoms with Crippen LogP contribution in [0.1, 0.15) is 24.0 Å². The summed E-state index contributed by atoms with van der Waals surface area (Å²) >= 11 is 0. The topological polar surface area (TPSA) is 38.7 Å². The van der Waals surface area contributed by atoms with Crippen molar-refractivity contribution in [3.63, 3.8) is 0 Å². The van der Waals surface area contributed by atoms with E-state index in [9.17, 15) is 5.11 Å². The molecule has 16 heavy (non-hydrogen) atoms. The summed E-state index contributed by atoms with van der Waals surface area (Å²) in [6.45, 7) is 3.25. The number of hydrogen-bond acceptors (Lipinski definition) is 3. The van der Waals surface area contributed by atoms with E-state index in [-0.39, 0.29) is 0 Å². The molecular weight excluding hydrogens is 204 g/mol. The zero-order valence-corrected chi connectivity index (χ0v) is 9.45. The summed E-state index contributed by atoms with van der Waals surface area (Å²) in [6, 6.07) is 4.08. The summed E-state index contributed by atoms with van der Waals surface area (Å²) in [5.74, 6) is 1.66. The minimum absolute atomic E-state index is 0.484. The molecule has 1 aromatic carbocycles. The highest BCUT2D eigenvalue weighted by molar-refractivity contribution is 5.50. The van der Waals surface area contributed by atoms with Gasteiger partial charge in [-0.1, -0.05) is 6.07 Å². The maximum Gasteiger partial charge on any atom is 0.164 e. The molecule has 0 spiro atoms. The largest absolute Gasteiger partial charge is 0.486 e. The second kappa shape index (κ2) is 3.39. The zero-order chi connectivity index (χ0) is 11.2. The first-order chi connectivity index (χ1) is 7.66. The first-order valence-corrected chi connectivity index (χ1v) is 5.78. The maximum absolute atomic E-state index is 9.98. The van der Waals surface area contributed by atoms with Gasteiger partial charge >= 0.3 is 0 Å². The molecule has 3 nitrogen and oxygen atoms in total. The minimum atomic E-state index is -0.484. The number of hydrogen-bond donors (Lipinski definition) is 1.